The minimum absolute atomic E-state index is 0.00570. The Morgan fingerprint density at radius 3 is 2.39 bits per heavy atom. The maximum absolute atomic E-state index is 12.0. The van der Waals surface area contributed by atoms with E-state index in [2.05, 4.69) is 5.32 Å². The van der Waals surface area contributed by atoms with Crippen molar-refractivity contribution < 1.29 is 23.8 Å². The van der Waals surface area contributed by atoms with Crippen molar-refractivity contribution in [1.29, 1.82) is 0 Å². The van der Waals surface area contributed by atoms with Crippen LogP contribution in [0.25, 0.3) is 0 Å². The van der Waals surface area contributed by atoms with Gasteiger partial charge in [0.05, 0.1) is 33.0 Å². The molecule has 1 aliphatic heterocycles. The van der Waals surface area contributed by atoms with E-state index in [0.29, 0.717) is 28.9 Å². The summed E-state index contributed by atoms with van der Waals surface area (Å²) in [5, 5.41) is 2.79. The number of amides is 2. The Morgan fingerprint density at radius 2 is 1.83 bits per heavy atom. The fraction of sp³-hybridized carbons (Fsp3) is 0.467. The molecule has 1 aromatic carbocycles. The van der Waals surface area contributed by atoms with Gasteiger partial charge < -0.3 is 24.4 Å². The molecular weight excluding hydrogens is 320 g/mol. The van der Waals surface area contributed by atoms with Crippen molar-refractivity contribution in [2.24, 2.45) is 0 Å². The fourth-order valence-corrected chi connectivity index (χ4v) is 3.10. The Bertz CT molecular complexity index is 593. The quantitative estimate of drug-likeness (QED) is 0.793. The molecular formula is C15H20N2O5S. The van der Waals surface area contributed by atoms with Crippen LogP contribution in [0.5, 0.6) is 17.2 Å². The lowest BCUT2D eigenvalue weighted by atomic mass is 10.1. The zero-order valence-electron chi connectivity index (χ0n) is 13.4. The summed E-state index contributed by atoms with van der Waals surface area (Å²) in [7, 11) is 4.64. The van der Waals surface area contributed by atoms with Crippen molar-refractivity contribution in [2.75, 3.05) is 39.5 Å². The molecule has 0 aliphatic carbocycles. The Balaban J connectivity index is 2.01. The van der Waals surface area contributed by atoms with Gasteiger partial charge in [0.25, 0.3) is 0 Å². The monoisotopic (exact) mass is 340 g/mol. The van der Waals surface area contributed by atoms with Crippen LogP contribution in [0.4, 0.5) is 0 Å². The van der Waals surface area contributed by atoms with Crippen molar-refractivity contribution in [3.05, 3.63) is 17.7 Å². The number of benzene rings is 1. The highest BCUT2D eigenvalue weighted by Gasteiger charge is 2.23. The number of nitrogens with zero attached hydrogens (tertiary/aromatic N) is 1. The smallest absolute Gasteiger partial charge is 0.239 e. The number of hydrogen-bond donors (Lipinski definition) is 1. The van der Waals surface area contributed by atoms with Crippen molar-refractivity contribution in [3.8, 4) is 17.2 Å². The van der Waals surface area contributed by atoms with E-state index in [1.807, 2.05) is 0 Å². The summed E-state index contributed by atoms with van der Waals surface area (Å²) in [5.74, 6) is 2.49. The van der Waals surface area contributed by atoms with Crippen LogP contribution in [-0.4, -0.2) is 56.2 Å². The first kappa shape index (κ1) is 17.3. The molecule has 0 aromatic heterocycles. The molecule has 0 unspecified atom stereocenters. The number of rotatable bonds is 7. The molecule has 0 atom stereocenters. The molecule has 1 fully saturated rings. The Morgan fingerprint density at radius 1 is 1.17 bits per heavy atom. The van der Waals surface area contributed by atoms with E-state index in [9.17, 15) is 9.59 Å². The zero-order chi connectivity index (χ0) is 16.8. The van der Waals surface area contributed by atoms with E-state index in [4.69, 9.17) is 14.2 Å². The maximum atomic E-state index is 12.0. The second-order valence-electron chi connectivity index (χ2n) is 4.87. The van der Waals surface area contributed by atoms with E-state index in [-0.39, 0.29) is 24.9 Å². The molecule has 0 bridgehead atoms. The number of hydrogen-bond acceptors (Lipinski definition) is 6. The van der Waals surface area contributed by atoms with Crippen LogP contribution in [0.3, 0.4) is 0 Å². The van der Waals surface area contributed by atoms with E-state index in [1.165, 1.54) is 16.7 Å². The number of methoxy groups -OCH3 is 3. The summed E-state index contributed by atoms with van der Waals surface area (Å²) in [6, 6.07) is 3.47. The van der Waals surface area contributed by atoms with Gasteiger partial charge in [0.2, 0.25) is 11.8 Å². The second kappa shape index (κ2) is 7.96. The van der Waals surface area contributed by atoms with Crippen LogP contribution in [0.1, 0.15) is 5.56 Å². The lowest BCUT2D eigenvalue weighted by Crippen LogP contribution is -2.37. The highest BCUT2D eigenvalue weighted by molar-refractivity contribution is 8.00. The summed E-state index contributed by atoms with van der Waals surface area (Å²) in [6.07, 6.45) is 0. The third-order valence-electron chi connectivity index (χ3n) is 3.42. The van der Waals surface area contributed by atoms with Crippen molar-refractivity contribution >= 4 is 23.6 Å². The summed E-state index contributed by atoms with van der Waals surface area (Å²) in [4.78, 5) is 25.0. The first-order chi connectivity index (χ1) is 11.1. The minimum atomic E-state index is -0.210. The molecule has 1 N–H and O–H groups in total. The molecule has 7 nitrogen and oxygen atoms in total. The summed E-state index contributed by atoms with van der Waals surface area (Å²) in [6.45, 7) is 0.346. The average Bonchev–Trinajstić information content (AvgIpc) is 2.96. The van der Waals surface area contributed by atoms with E-state index < -0.39 is 0 Å². The number of nitrogens with one attached hydrogen (secondary N) is 1. The van der Waals surface area contributed by atoms with Gasteiger partial charge in [0, 0.05) is 18.2 Å². The van der Waals surface area contributed by atoms with Crippen LogP contribution in [0, 0.1) is 0 Å². The largest absolute Gasteiger partial charge is 0.496 e. The molecule has 1 aromatic rings. The highest BCUT2D eigenvalue weighted by atomic mass is 32.2. The third-order valence-corrected chi connectivity index (χ3v) is 4.37. The van der Waals surface area contributed by atoms with Gasteiger partial charge in [-0.15, -0.1) is 11.8 Å². The van der Waals surface area contributed by atoms with Gasteiger partial charge in [-0.25, -0.2) is 0 Å². The van der Waals surface area contributed by atoms with Crippen LogP contribution in [-0.2, 0) is 16.1 Å². The second-order valence-corrected chi connectivity index (χ2v) is 5.82. The number of thioether (sulfide) groups is 1. The average molecular weight is 340 g/mol. The van der Waals surface area contributed by atoms with Gasteiger partial charge >= 0.3 is 0 Å². The van der Waals surface area contributed by atoms with Crippen molar-refractivity contribution in [2.45, 2.75) is 6.54 Å². The van der Waals surface area contributed by atoms with Crippen molar-refractivity contribution in [3.63, 3.8) is 0 Å². The van der Waals surface area contributed by atoms with Crippen LogP contribution >= 0.6 is 11.8 Å². The van der Waals surface area contributed by atoms with Gasteiger partial charge in [0.1, 0.15) is 12.3 Å². The lowest BCUT2D eigenvalue weighted by molar-refractivity contribution is -0.132. The van der Waals surface area contributed by atoms with Gasteiger partial charge in [-0.05, 0) is 6.07 Å². The predicted octanol–water partition coefficient (Wildman–Crippen LogP) is 0.861. The molecule has 23 heavy (non-hydrogen) atoms. The third kappa shape index (κ3) is 4.22. The number of ether oxygens (including phenoxy) is 3. The van der Waals surface area contributed by atoms with Gasteiger partial charge in [-0.1, -0.05) is 0 Å². The van der Waals surface area contributed by atoms with Gasteiger partial charge in [-0.3, -0.25) is 9.59 Å². The zero-order valence-corrected chi connectivity index (χ0v) is 14.2. The molecule has 1 aliphatic rings. The molecule has 2 rings (SSSR count). The van der Waals surface area contributed by atoms with Gasteiger partial charge in [-0.2, -0.15) is 0 Å². The van der Waals surface area contributed by atoms with E-state index >= 15 is 0 Å². The first-order valence-electron chi connectivity index (χ1n) is 7.00. The summed E-state index contributed by atoms with van der Waals surface area (Å²) >= 11 is 1.51. The summed E-state index contributed by atoms with van der Waals surface area (Å²) in [5.41, 5.74) is 0.764. The maximum Gasteiger partial charge on any atom is 0.239 e. The fourth-order valence-electron chi connectivity index (χ4n) is 2.19. The van der Waals surface area contributed by atoms with E-state index in [1.54, 1.807) is 33.5 Å². The standard InChI is InChI=1S/C15H20N2O5S/c1-20-11-5-13(22-3)12(21-2)4-10(11)6-16-14(18)7-17-9-23-8-15(17)19/h4-5H,6-9H2,1-3H3,(H,16,18). The number of carbonyl (C=O) groups excluding carboxylic acids is 2. The minimum Gasteiger partial charge on any atom is -0.496 e. The normalized spacial score (nSPS) is 13.9. The summed E-state index contributed by atoms with van der Waals surface area (Å²) < 4.78 is 15.8. The lowest BCUT2D eigenvalue weighted by Gasteiger charge is -2.16. The SMILES string of the molecule is COc1cc(OC)c(OC)cc1CNC(=O)CN1CSCC1=O. The Hall–Kier alpha value is -2.09. The molecule has 8 heteroatoms. The first-order valence-corrected chi connectivity index (χ1v) is 8.15. The van der Waals surface area contributed by atoms with Gasteiger partial charge in [0.15, 0.2) is 11.5 Å². The van der Waals surface area contributed by atoms with Crippen LogP contribution < -0.4 is 19.5 Å². The molecule has 2 amide bonds. The van der Waals surface area contributed by atoms with E-state index in [0.717, 1.165) is 5.56 Å². The molecule has 126 valence electrons. The Labute approximate surface area is 139 Å². The molecule has 1 saturated heterocycles. The topological polar surface area (TPSA) is 77.1 Å². The van der Waals surface area contributed by atoms with Crippen molar-refractivity contribution in [1.82, 2.24) is 10.2 Å². The number of carbonyl (C=O) groups is 2. The molecule has 1 heterocycles. The Kier molecular flexibility index (Phi) is 5.97. The predicted molar refractivity (Wildman–Crippen MR) is 87.0 cm³/mol. The van der Waals surface area contributed by atoms with Crippen LogP contribution in [0.2, 0.25) is 0 Å². The molecule has 0 saturated carbocycles. The van der Waals surface area contributed by atoms with Crippen LogP contribution in [0.15, 0.2) is 12.1 Å². The highest BCUT2D eigenvalue weighted by Crippen LogP contribution is 2.34. The molecule has 0 spiro atoms. The molecule has 0 radical (unpaired) electrons.